The van der Waals surface area contributed by atoms with Crippen molar-refractivity contribution in [3.8, 4) is 0 Å². The zero-order chi connectivity index (χ0) is 14.5. The smallest absolute Gasteiger partial charge is 0.122 e. The molecule has 1 heterocycles. The Balaban J connectivity index is 2.19. The summed E-state index contributed by atoms with van der Waals surface area (Å²) in [7, 11) is 0. The molecule has 0 saturated carbocycles. The van der Waals surface area contributed by atoms with Crippen LogP contribution in [0.25, 0.3) is 0 Å². The minimum Gasteiger partial charge on any atom is -0.371 e. The van der Waals surface area contributed by atoms with Crippen LogP contribution in [-0.2, 0) is 11.2 Å². The van der Waals surface area contributed by atoms with Crippen molar-refractivity contribution in [1.29, 1.82) is 0 Å². The molecule has 4 heteroatoms. The molecule has 0 amide bonds. The van der Waals surface area contributed by atoms with Crippen LogP contribution in [0.1, 0.15) is 74.7 Å². The van der Waals surface area contributed by atoms with Gasteiger partial charge in [-0.15, -0.1) is 11.3 Å². The van der Waals surface area contributed by atoms with Gasteiger partial charge >= 0.3 is 0 Å². The molecule has 0 radical (unpaired) electrons. The molecule has 2 rings (SSSR count). The lowest BCUT2D eigenvalue weighted by Crippen LogP contribution is -2.24. The normalized spacial score (nSPS) is 20.1. The Morgan fingerprint density at radius 1 is 1.40 bits per heavy atom. The van der Waals surface area contributed by atoms with Crippen molar-refractivity contribution in [2.75, 3.05) is 13.2 Å². The fourth-order valence-electron chi connectivity index (χ4n) is 2.80. The number of ether oxygens (including phenoxy) is 1. The highest BCUT2D eigenvalue weighted by molar-refractivity contribution is 7.11. The second-order valence-corrected chi connectivity index (χ2v) is 6.94. The lowest BCUT2D eigenvalue weighted by molar-refractivity contribution is 0.0292. The summed E-state index contributed by atoms with van der Waals surface area (Å²) in [5.41, 5.74) is 1.32. The molecular weight excluding hydrogens is 268 g/mol. The van der Waals surface area contributed by atoms with Crippen LogP contribution in [0.4, 0.5) is 0 Å². The van der Waals surface area contributed by atoms with E-state index in [1.165, 1.54) is 34.8 Å². The van der Waals surface area contributed by atoms with Gasteiger partial charge in [-0.05, 0) is 45.1 Å². The van der Waals surface area contributed by atoms with Gasteiger partial charge in [-0.25, -0.2) is 4.98 Å². The Kier molecular flexibility index (Phi) is 6.00. The SMILES string of the molecule is CCCNC1CCCc2nc(C(OCC)C(C)C)sc21. The van der Waals surface area contributed by atoms with Gasteiger partial charge < -0.3 is 10.1 Å². The fraction of sp³-hybridized carbons (Fsp3) is 0.812. The lowest BCUT2D eigenvalue weighted by Gasteiger charge is -2.22. The molecule has 0 fully saturated rings. The molecule has 1 aliphatic carbocycles. The maximum Gasteiger partial charge on any atom is 0.122 e. The highest BCUT2D eigenvalue weighted by Gasteiger charge is 2.28. The third kappa shape index (κ3) is 3.60. The number of hydrogen-bond acceptors (Lipinski definition) is 4. The summed E-state index contributed by atoms with van der Waals surface area (Å²) < 4.78 is 5.91. The van der Waals surface area contributed by atoms with E-state index in [-0.39, 0.29) is 6.10 Å². The summed E-state index contributed by atoms with van der Waals surface area (Å²) in [6.45, 7) is 10.6. The molecule has 0 spiro atoms. The molecule has 2 unspecified atom stereocenters. The first-order valence-electron chi connectivity index (χ1n) is 8.01. The Labute approximate surface area is 127 Å². The maximum atomic E-state index is 5.91. The molecular formula is C16H28N2OS. The highest BCUT2D eigenvalue weighted by Crippen LogP contribution is 2.38. The third-order valence-electron chi connectivity index (χ3n) is 3.80. The Morgan fingerprint density at radius 2 is 2.20 bits per heavy atom. The van der Waals surface area contributed by atoms with Crippen molar-refractivity contribution in [3.63, 3.8) is 0 Å². The molecule has 0 aliphatic heterocycles. The summed E-state index contributed by atoms with van der Waals surface area (Å²) in [6, 6.07) is 0.513. The summed E-state index contributed by atoms with van der Waals surface area (Å²) in [4.78, 5) is 6.37. The van der Waals surface area contributed by atoms with E-state index in [9.17, 15) is 0 Å². The minimum atomic E-state index is 0.155. The number of rotatable bonds is 7. The van der Waals surface area contributed by atoms with E-state index in [4.69, 9.17) is 9.72 Å². The van der Waals surface area contributed by atoms with Gasteiger partial charge in [0, 0.05) is 17.5 Å². The quantitative estimate of drug-likeness (QED) is 0.816. The number of hydrogen-bond donors (Lipinski definition) is 1. The monoisotopic (exact) mass is 296 g/mol. The minimum absolute atomic E-state index is 0.155. The standard InChI is InChI=1S/C16H28N2OS/c1-5-10-17-12-8-7-9-13-15(12)20-16(18-13)14(11(3)4)19-6-2/h11-12,14,17H,5-10H2,1-4H3. The number of nitrogens with one attached hydrogen (secondary N) is 1. The molecule has 1 aliphatic rings. The predicted octanol–water partition coefficient (Wildman–Crippen LogP) is 4.25. The van der Waals surface area contributed by atoms with E-state index >= 15 is 0 Å². The van der Waals surface area contributed by atoms with Crippen LogP contribution in [-0.4, -0.2) is 18.1 Å². The van der Waals surface area contributed by atoms with Crippen molar-refractivity contribution in [2.45, 2.75) is 65.5 Å². The van der Waals surface area contributed by atoms with E-state index in [2.05, 4.69) is 33.0 Å². The first-order chi connectivity index (χ1) is 9.67. The van der Waals surface area contributed by atoms with E-state index in [0.29, 0.717) is 12.0 Å². The largest absolute Gasteiger partial charge is 0.371 e. The second-order valence-electron chi connectivity index (χ2n) is 5.88. The van der Waals surface area contributed by atoms with Gasteiger partial charge in [-0.1, -0.05) is 20.8 Å². The number of fused-ring (bicyclic) bond motifs is 1. The number of aryl methyl sites for hydroxylation is 1. The molecule has 3 nitrogen and oxygen atoms in total. The number of nitrogens with zero attached hydrogens (tertiary/aromatic N) is 1. The van der Waals surface area contributed by atoms with E-state index in [0.717, 1.165) is 19.6 Å². The first-order valence-corrected chi connectivity index (χ1v) is 8.83. The van der Waals surface area contributed by atoms with Crippen molar-refractivity contribution < 1.29 is 4.74 Å². The van der Waals surface area contributed by atoms with Crippen LogP contribution in [0.3, 0.4) is 0 Å². The van der Waals surface area contributed by atoms with E-state index < -0.39 is 0 Å². The van der Waals surface area contributed by atoms with Crippen LogP contribution >= 0.6 is 11.3 Å². The van der Waals surface area contributed by atoms with Crippen LogP contribution in [0.15, 0.2) is 0 Å². The lowest BCUT2D eigenvalue weighted by atomic mass is 9.98. The average Bonchev–Trinajstić information content (AvgIpc) is 2.86. The van der Waals surface area contributed by atoms with Crippen molar-refractivity contribution in [3.05, 3.63) is 15.6 Å². The number of thiazole rings is 1. The van der Waals surface area contributed by atoms with Gasteiger partial charge in [0.05, 0.1) is 5.69 Å². The van der Waals surface area contributed by atoms with Gasteiger partial charge in [-0.2, -0.15) is 0 Å². The van der Waals surface area contributed by atoms with Gasteiger partial charge in [0.15, 0.2) is 0 Å². The molecule has 0 aromatic carbocycles. The van der Waals surface area contributed by atoms with Crippen molar-refractivity contribution in [2.24, 2.45) is 5.92 Å². The third-order valence-corrected chi connectivity index (χ3v) is 5.08. The zero-order valence-electron chi connectivity index (χ0n) is 13.2. The zero-order valence-corrected chi connectivity index (χ0v) is 14.1. The van der Waals surface area contributed by atoms with E-state index in [1.54, 1.807) is 0 Å². The van der Waals surface area contributed by atoms with E-state index in [1.807, 2.05) is 11.3 Å². The van der Waals surface area contributed by atoms with Gasteiger partial charge in [0.25, 0.3) is 0 Å². The van der Waals surface area contributed by atoms with Crippen molar-refractivity contribution in [1.82, 2.24) is 10.3 Å². The highest BCUT2D eigenvalue weighted by atomic mass is 32.1. The molecule has 0 bridgehead atoms. The van der Waals surface area contributed by atoms with Crippen LogP contribution < -0.4 is 5.32 Å². The fourth-order valence-corrected chi connectivity index (χ4v) is 4.25. The summed E-state index contributed by atoms with van der Waals surface area (Å²) in [5, 5.41) is 4.85. The Hall–Kier alpha value is -0.450. The molecule has 2 atom stereocenters. The first kappa shape index (κ1) is 15.9. The predicted molar refractivity (Wildman–Crippen MR) is 85.3 cm³/mol. The molecule has 1 aromatic rings. The molecule has 20 heavy (non-hydrogen) atoms. The van der Waals surface area contributed by atoms with Gasteiger partial charge in [0.1, 0.15) is 11.1 Å². The van der Waals surface area contributed by atoms with Crippen LogP contribution in [0, 0.1) is 5.92 Å². The molecule has 114 valence electrons. The molecule has 0 saturated heterocycles. The van der Waals surface area contributed by atoms with Crippen LogP contribution in [0.2, 0.25) is 0 Å². The average molecular weight is 296 g/mol. The molecule has 1 aromatic heterocycles. The Morgan fingerprint density at radius 3 is 2.85 bits per heavy atom. The Bertz CT molecular complexity index is 417. The topological polar surface area (TPSA) is 34.2 Å². The van der Waals surface area contributed by atoms with Crippen molar-refractivity contribution >= 4 is 11.3 Å². The van der Waals surface area contributed by atoms with Crippen LogP contribution in [0.5, 0.6) is 0 Å². The number of aromatic nitrogens is 1. The van der Waals surface area contributed by atoms with Gasteiger partial charge in [0.2, 0.25) is 0 Å². The molecule has 1 N–H and O–H groups in total. The van der Waals surface area contributed by atoms with Gasteiger partial charge in [-0.3, -0.25) is 0 Å². The second kappa shape index (κ2) is 7.53. The maximum absolute atomic E-state index is 5.91. The summed E-state index contributed by atoms with van der Waals surface area (Å²) in [6.07, 6.45) is 4.97. The summed E-state index contributed by atoms with van der Waals surface area (Å²) in [5.74, 6) is 0.476. The summed E-state index contributed by atoms with van der Waals surface area (Å²) >= 11 is 1.87.